The molecule has 1 aromatic carbocycles. The molecule has 11 nitrogen and oxygen atoms in total. The molecule has 2 heterocycles. The van der Waals surface area contributed by atoms with Gasteiger partial charge in [0.15, 0.2) is 0 Å². The molecule has 0 bridgehead atoms. The molecule has 1 saturated carbocycles. The topological polar surface area (TPSA) is 136 Å². The maximum atomic E-state index is 13.0. The van der Waals surface area contributed by atoms with Crippen LogP contribution in [0.3, 0.4) is 0 Å². The first kappa shape index (κ1) is 28.3. The Bertz CT molecular complexity index is 1150. The summed E-state index contributed by atoms with van der Waals surface area (Å²) in [4.78, 5) is 29.3. The molecule has 1 spiro atoms. The molecular weight excluding hydrogens is 512 g/mol. The molecule has 1 aromatic rings. The third kappa shape index (κ3) is 6.83. The molecule has 3 aliphatic rings. The number of morpholine rings is 1. The van der Waals surface area contributed by atoms with E-state index in [9.17, 15) is 18.0 Å². The van der Waals surface area contributed by atoms with E-state index in [-0.39, 0.29) is 30.1 Å². The fourth-order valence-electron chi connectivity index (χ4n) is 5.04. The second kappa shape index (κ2) is 11.2. The van der Waals surface area contributed by atoms with Crippen molar-refractivity contribution in [1.82, 2.24) is 15.0 Å². The first-order valence-corrected chi connectivity index (χ1v) is 14.5. The van der Waals surface area contributed by atoms with Gasteiger partial charge in [-0.25, -0.2) is 9.63 Å². The lowest BCUT2D eigenvalue weighted by molar-refractivity contribution is -0.137. The van der Waals surface area contributed by atoms with Gasteiger partial charge in [0, 0.05) is 12.3 Å². The highest BCUT2D eigenvalue weighted by atomic mass is 32.2. The zero-order chi connectivity index (χ0) is 27.6. The molecule has 3 fully saturated rings. The fraction of sp³-hybridized carbons (Fsp3) is 0.654. The Hall–Kier alpha value is -2.70. The van der Waals surface area contributed by atoms with Gasteiger partial charge in [-0.05, 0) is 71.9 Å². The van der Waals surface area contributed by atoms with E-state index in [1.165, 1.54) is 0 Å². The monoisotopic (exact) mass is 550 g/mol. The summed E-state index contributed by atoms with van der Waals surface area (Å²) >= 11 is 0. The number of likely N-dealkylation sites (tertiary alicyclic amines) is 1. The summed E-state index contributed by atoms with van der Waals surface area (Å²) in [6, 6.07) is 6.16. The smallest absolute Gasteiger partial charge is 0.410 e. The van der Waals surface area contributed by atoms with Gasteiger partial charge in [-0.3, -0.25) is 4.79 Å². The third-order valence-electron chi connectivity index (χ3n) is 7.08. The van der Waals surface area contributed by atoms with E-state index in [1.54, 1.807) is 29.2 Å². The Morgan fingerprint density at radius 1 is 1.24 bits per heavy atom. The Kier molecular flexibility index (Phi) is 8.34. The molecule has 0 unspecified atom stereocenters. The van der Waals surface area contributed by atoms with Crippen LogP contribution in [-0.4, -0.2) is 80.7 Å². The highest BCUT2D eigenvalue weighted by Gasteiger charge is 2.53. The largest absolute Gasteiger partial charge is 0.444 e. The molecule has 12 heteroatoms. The maximum Gasteiger partial charge on any atom is 0.410 e. The molecule has 1 aliphatic carbocycles. The lowest BCUT2D eigenvalue weighted by Gasteiger charge is -2.41. The van der Waals surface area contributed by atoms with E-state index in [1.807, 2.05) is 27.7 Å². The first-order chi connectivity index (χ1) is 17.9. The molecule has 2 saturated heterocycles. The van der Waals surface area contributed by atoms with Crippen LogP contribution in [0.1, 0.15) is 58.4 Å². The molecule has 0 aromatic heterocycles. The van der Waals surface area contributed by atoms with Crippen molar-refractivity contribution in [3.05, 3.63) is 29.8 Å². The summed E-state index contributed by atoms with van der Waals surface area (Å²) in [5.41, 5.74) is 0.373. The molecule has 2 atom stereocenters. The van der Waals surface area contributed by atoms with Gasteiger partial charge < -0.3 is 24.4 Å². The van der Waals surface area contributed by atoms with Crippen molar-refractivity contribution in [2.45, 2.75) is 88.0 Å². The van der Waals surface area contributed by atoms with Crippen molar-refractivity contribution >= 4 is 27.7 Å². The minimum absolute atomic E-state index is 0.000169. The van der Waals surface area contributed by atoms with Crippen molar-refractivity contribution in [3.8, 4) is 0 Å². The van der Waals surface area contributed by atoms with Gasteiger partial charge in [-0.15, -0.1) is 0 Å². The van der Waals surface area contributed by atoms with Gasteiger partial charge in [-0.2, -0.15) is 13.5 Å². The van der Waals surface area contributed by atoms with Crippen LogP contribution in [0.2, 0.25) is 0 Å². The summed E-state index contributed by atoms with van der Waals surface area (Å²) < 4.78 is 42.5. The number of hydrogen-bond acceptors (Lipinski definition) is 8. The number of ether oxygens (including phenoxy) is 3. The first-order valence-electron chi connectivity index (χ1n) is 13.0. The van der Waals surface area contributed by atoms with Crippen LogP contribution in [0.25, 0.3) is 0 Å². The number of sulfonamides is 1. The number of amides is 2. The number of nitrogens with zero attached hydrogens (tertiary/aromatic N) is 2. The standard InChI is InChI=1S/C26H38N4O7S/c1-18-5-11-21(12-6-18)38(33,34)29-28-19-7-9-20(10-8-19)36-15-22-26(17-35-16-23(31)27-26)13-14-30(22)24(32)37-25(2,3)4/h5-6,11-12,20,22,29H,7-10,13-17H2,1-4H3,(H,27,31)/t20?,22-,26+/m0/s1. The van der Waals surface area contributed by atoms with E-state index >= 15 is 0 Å². The van der Waals surface area contributed by atoms with Gasteiger partial charge in [0.1, 0.15) is 12.2 Å². The SMILES string of the molecule is Cc1ccc(S(=O)(=O)NN=C2CCC(OC[C@@H]3N(C(=O)OC(C)(C)C)CC[C@@]34COCC(=O)N4)CC2)cc1. The molecule has 2 aliphatic heterocycles. The van der Waals surface area contributed by atoms with Crippen LogP contribution in [-0.2, 0) is 29.0 Å². The Balaban J connectivity index is 1.35. The number of rotatable bonds is 6. The summed E-state index contributed by atoms with van der Waals surface area (Å²) in [6.45, 7) is 8.29. The van der Waals surface area contributed by atoms with Crippen molar-refractivity contribution in [1.29, 1.82) is 0 Å². The van der Waals surface area contributed by atoms with Crippen LogP contribution in [0.4, 0.5) is 4.79 Å². The van der Waals surface area contributed by atoms with Gasteiger partial charge in [0.05, 0.1) is 35.8 Å². The van der Waals surface area contributed by atoms with E-state index in [4.69, 9.17) is 14.2 Å². The van der Waals surface area contributed by atoms with Crippen LogP contribution < -0.4 is 10.1 Å². The highest BCUT2D eigenvalue weighted by Crippen LogP contribution is 2.33. The Labute approximate surface area is 224 Å². The maximum absolute atomic E-state index is 13.0. The minimum Gasteiger partial charge on any atom is -0.444 e. The van der Waals surface area contributed by atoms with E-state index in [0.29, 0.717) is 45.3 Å². The minimum atomic E-state index is -3.72. The average Bonchev–Trinajstić information content (AvgIpc) is 3.18. The van der Waals surface area contributed by atoms with E-state index in [0.717, 1.165) is 11.3 Å². The number of nitrogens with one attached hydrogen (secondary N) is 2. The molecule has 2 N–H and O–H groups in total. The van der Waals surface area contributed by atoms with Crippen molar-refractivity contribution < 1.29 is 32.2 Å². The Morgan fingerprint density at radius 3 is 2.55 bits per heavy atom. The number of benzene rings is 1. The molecule has 210 valence electrons. The summed E-state index contributed by atoms with van der Waals surface area (Å²) in [5, 5.41) is 7.22. The van der Waals surface area contributed by atoms with E-state index in [2.05, 4.69) is 15.2 Å². The van der Waals surface area contributed by atoms with Crippen LogP contribution in [0.5, 0.6) is 0 Å². The van der Waals surface area contributed by atoms with Gasteiger partial charge in [0.2, 0.25) is 5.91 Å². The number of aryl methyl sites for hydroxylation is 1. The zero-order valence-corrected chi connectivity index (χ0v) is 23.3. The second-order valence-electron chi connectivity index (χ2n) is 11.3. The lowest BCUT2D eigenvalue weighted by atomic mass is 9.90. The number of hydrogen-bond donors (Lipinski definition) is 2. The van der Waals surface area contributed by atoms with Gasteiger partial charge >= 0.3 is 6.09 Å². The fourth-order valence-corrected chi connectivity index (χ4v) is 5.89. The van der Waals surface area contributed by atoms with Crippen LogP contribution in [0, 0.1) is 6.92 Å². The van der Waals surface area contributed by atoms with Crippen LogP contribution in [0.15, 0.2) is 34.3 Å². The molecule has 2 amide bonds. The zero-order valence-electron chi connectivity index (χ0n) is 22.5. The summed E-state index contributed by atoms with van der Waals surface area (Å²) in [5.74, 6) is -0.209. The number of carbonyl (C=O) groups excluding carboxylic acids is 2. The average molecular weight is 551 g/mol. The second-order valence-corrected chi connectivity index (χ2v) is 12.9. The molecule has 0 radical (unpaired) electrons. The quantitative estimate of drug-likeness (QED) is 0.520. The molecule has 38 heavy (non-hydrogen) atoms. The van der Waals surface area contributed by atoms with E-state index < -0.39 is 33.3 Å². The van der Waals surface area contributed by atoms with Gasteiger partial charge in [-0.1, -0.05) is 17.7 Å². The third-order valence-corrected chi connectivity index (χ3v) is 8.30. The summed E-state index contributed by atoms with van der Waals surface area (Å²) in [7, 11) is -3.72. The predicted octanol–water partition coefficient (Wildman–Crippen LogP) is 2.48. The number of carbonyl (C=O) groups is 2. The van der Waals surface area contributed by atoms with Crippen LogP contribution >= 0.6 is 0 Å². The van der Waals surface area contributed by atoms with Crippen molar-refractivity contribution in [2.75, 3.05) is 26.4 Å². The predicted molar refractivity (Wildman–Crippen MR) is 140 cm³/mol. The normalized spacial score (nSPS) is 26.3. The lowest BCUT2D eigenvalue weighted by Crippen LogP contribution is -2.65. The highest BCUT2D eigenvalue weighted by molar-refractivity contribution is 7.89. The van der Waals surface area contributed by atoms with Gasteiger partial charge in [0.25, 0.3) is 10.0 Å². The van der Waals surface area contributed by atoms with Crippen molar-refractivity contribution in [3.63, 3.8) is 0 Å². The number of hydrazone groups is 1. The molecular formula is C26H38N4O7S. The Morgan fingerprint density at radius 2 is 1.92 bits per heavy atom. The molecule has 4 rings (SSSR count). The summed E-state index contributed by atoms with van der Waals surface area (Å²) in [6.07, 6.45) is 2.54. The van der Waals surface area contributed by atoms with Crippen molar-refractivity contribution in [2.24, 2.45) is 5.10 Å².